The second-order valence-electron chi connectivity index (χ2n) is 8.79. The molecule has 1 atom stereocenters. The average Bonchev–Trinajstić information content (AvgIpc) is 3.52. The van der Waals surface area contributed by atoms with Gasteiger partial charge in [0.25, 0.3) is 0 Å². The molecule has 0 spiro atoms. The molecule has 37 heavy (non-hydrogen) atoms. The fourth-order valence-corrected chi connectivity index (χ4v) is 5.82. The zero-order chi connectivity index (χ0) is 26.1. The molecule has 1 aliphatic heterocycles. The van der Waals surface area contributed by atoms with E-state index in [2.05, 4.69) is 16.3 Å². The third-order valence-corrected chi connectivity index (χ3v) is 7.67. The Bertz CT molecular complexity index is 1600. The standard InChI is InChI=1S/C26H22FN7O2S/c1-16-22(12-31-34(16)21-3-2-6-32(14-21)25(36)15-35)18-8-24(26-19(10-29)11-30-33(26)13-18)37-23-5-4-20(27)7-17(23)9-28/h4-5,7-8,11-13,21,35H,2-3,6,14-15H2,1H3/t21-/m0/s1. The first-order valence-corrected chi connectivity index (χ1v) is 12.5. The molecule has 0 saturated carbocycles. The van der Waals surface area contributed by atoms with Crippen molar-refractivity contribution in [3.63, 3.8) is 0 Å². The molecular weight excluding hydrogens is 493 g/mol. The van der Waals surface area contributed by atoms with Crippen molar-refractivity contribution in [1.29, 1.82) is 10.5 Å². The zero-order valence-corrected chi connectivity index (χ0v) is 20.7. The summed E-state index contributed by atoms with van der Waals surface area (Å²) in [5.41, 5.74) is 3.77. The second-order valence-corrected chi connectivity index (χ2v) is 9.88. The molecule has 0 unspecified atom stereocenters. The molecule has 0 radical (unpaired) electrons. The number of hydrogen-bond donors (Lipinski definition) is 1. The molecule has 4 aromatic rings. The highest BCUT2D eigenvalue weighted by Crippen LogP contribution is 2.38. The molecule has 1 fully saturated rings. The molecule has 0 bridgehead atoms. The summed E-state index contributed by atoms with van der Waals surface area (Å²) in [6, 6.07) is 10.1. The monoisotopic (exact) mass is 515 g/mol. The van der Waals surface area contributed by atoms with Crippen molar-refractivity contribution >= 4 is 23.2 Å². The van der Waals surface area contributed by atoms with Crippen LogP contribution in [0.3, 0.4) is 0 Å². The number of benzene rings is 1. The highest BCUT2D eigenvalue weighted by molar-refractivity contribution is 7.99. The van der Waals surface area contributed by atoms with Gasteiger partial charge in [0.05, 0.1) is 35.1 Å². The molecule has 1 saturated heterocycles. The van der Waals surface area contributed by atoms with E-state index >= 15 is 0 Å². The van der Waals surface area contributed by atoms with E-state index in [1.165, 1.54) is 30.1 Å². The topological polar surface area (TPSA) is 123 Å². The van der Waals surface area contributed by atoms with Gasteiger partial charge in [0, 0.05) is 45.9 Å². The Hall–Kier alpha value is -4.19. The molecule has 1 aliphatic rings. The predicted octanol–water partition coefficient (Wildman–Crippen LogP) is 3.70. The first-order valence-electron chi connectivity index (χ1n) is 11.7. The molecule has 1 N–H and O–H groups in total. The summed E-state index contributed by atoms with van der Waals surface area (Å²) in [4.78, 5) is 15.0. The second kappa shape index (κ2) is 10.1. The summed E-state index contributed by atoms with van der Waals surface area (Å²) in [7, 11) is 0. The Morgan fingerprint density at radius 3 is 2.76 bits per heavy atom. The number of aliphatic hydroxyl groups excluding tert-OH is 1. The smallest absolute Gasteiger partial charge is 0.248 e. The van der Waals surface area contributed by atoms with Crippen LogP contribution in [0.1, 0.15) is 35.7 Å². The average molecular weight is 516 g/mol. The van der Waals surface area contributed by atoms with Crippen LogP contribution in [0, 0.1) is 35.4 Å². The molecule has 11 heteroatoms. The Labute approximate surface area is 216 Å². The molecule has 4 heterocycles. The number of nitriles is 2. The van der Waals surface area contributed by atoms with E-state index in [0.717, 1.165) is 29.7 Å². The van der Waals surface area contributed by atoms with Crippen LogP contribution < -0.4 is 0 Å². The number of hydrogen-bond acceptors (Lipinski definition) is 7. The quantitative estimate of drug-likeness (QED) is 0.430. The van der Waals surface area contributed by atoms with Gasteiger partial charge < -0.3 is 10.0 Å². The normalized spacial score (nSPS) is 15.5. The van der Waals surface area contributed by atoms with Crippen LogP contribution in [0.4, 0.5) is 4.39 Å². The number of carbonyl (C=O) groups excluding carboxylic acids is 1. The van der Waals surface area contributed by atoms with E-state index in [9.17, 15) is 24.8 Å². The van der Waals surface area contributed by atoms with Gasteiger partial charge in [-0.05, 0) is 44.0 Å². The van der Waals surface area contributed by atoms with Crippen molar-refractivity contribution in [1.82, 2.24) is 24.3 Å². The summed E-state index contributed by atoms with van der Waals surface area (Å²) in [6.07, 6.45) is 6.77. The van der Waals surface area contributed by atoms with Crippen molar-refractivity contribution < 1.29 is 14.3 Å². The molecule has 1 amide bonds. The first kappa shape index (κ1) is 24.5. The maximum atomic E-state index is 13.7. The molecular formula is C26H22FN7O2S. The van der Waals surface area contributed by atoms with Gasteiger partial charge in [0.2, 0.25) is 5.91 Å². The van der Waals surface area contributed by atoms with Crippen LogP contribution in [0.15, 0.2) is 52.6 Å². The summed E-state index contributed by atoms with van der Waals surface area (Å²) < 4.78 is 17.3. The minimum atomic E-state index is -0.507. The van der Waals surface area contributed by atoms with Crippen molar-refractivity contribution in [3.05, 3.63) is 65.5 Å². The van der Waals surface area contributed by atoms with Crippen molar-refractivity contribution in [2.75, 3.05) is 19.7 Å². The summed E-state index contributed by atoms with van der Waals surface area (Å²) in [5.74, 6) is -0.779. The van der Waals surface area contributed by atoms with Gasteiger partial charge in [-0.25, -0.2) is 8.91 Å². The number of nitrogens with zero attached hydrogens (tertiary/aromatic N) is 7. The fraction of sp³-hybridized carbons (Fsp3) is 0.269. The lowest BCUT2D eigenvalue weighted by Crippen LogP contribution is -2.42. The van der Waals surface area contributed by atoms with Crippen LogP contribution >= 0.6 is 11.8 Å². The van der Waals surface area contributed by atoms with Gasteiger partial charge in [0.1, 0.15) is 24.6 Å². The minimum absolute atomic E-state index is 0.0112. The van der Waals surface area contributed by atoms with Gasteiger partial charge in [-0.1, -0.05) is 11.8 Å². The molecule has 0 aliphatic carbocycles. The highest BCUT2D eigenvalue weighted by Gasteiger charge is 2.27. The number of amides is 1. The molecule has 5 rings (SSSR count). The summed E-state index contributed by atoms with van der Waals surface area (Å²) >= 11 is 1.27. The number of aliphatic hydroxyl groups is 1. The molecule has 1 aromatic carbocycles. The Morgan fingerprint density at radius 1 is 1.19 bits per heavy atom. The first-order chi connectivity index (χ1) is 17.9. The van der Waals surface area contributed by atoms with Crippen LogP contribution in [0.2, 0.25) is 0 Å². The van der Waals surface area contributed by atoms with Gasteiger partial charge in [-0.15, -0.1) is 0 Å². The maximum absolute atomic E-state index is 13.7. The number of aromatic nitrogens is 4. The number of likely N-dealkylation sites (tertiary alicyclic amines) is 1. The highest BCUT2D eigenvalue weighted by atomic mass is 32.2. The van der Waals surface area contributed by atoms with E-state index in [1.807, 2.05) is 29.9 Å². The summed E-state index contributed by atoms with van der Waals surface area (Å²) in [6.45, 7) is 2.55. The lowest BCUT2D eigenvalue weighted by molar-refractivity contribution is -0.135. The van der Waals surface area contributed by atoms with Gasteiger partial charge >= 0.3 is 0 Å². The number of halogens is 1. The van der Waals surface area contributed by atoms with Gasteiger partial charge in [-0.2, -0.15) is 20.7 Å². The van der Waals surface area contributed by atoms with E-state index in [4.69, 9.17) is 0 Å². The van der Waals surface area contributed by atoms with Gasteiger partial charge in [-0.3, -0.25) is 9.48 Å². The summed E-state index contributed by atoms with van der Waals surface area (Å²) in [5, 5.41) is 37.4. The van der Waals surface area contributed by atoms with Gasteiger partial charge in [0.15, 0.2) is 0 Å². The number of rotatable bonds is 5. The van der Waals surface area contributed by atoms with E-state index in [-0.39, 0.29) is 17.5 Å². The fourth-order valence-electron chi connectivity index (χ4n) is 4.74. The SMILES string of the molecule is Cc1c(-c2cc(Sc3ccc(F)cc3C#N)c3c(C#N)cnn3c2)cnn1[C@H]1CCCN(C(=O)CO)C1. The Balaban J connectivity index is 1.56. The Morgan fingerprint density at radius 2 is 2.00 bits per heavy atom. The van der Waals surface area contributed by atoms with E-state index < -0.39 is 12.4 Å². The van der Waals surface area contributed by atoms with E-state index in [1.54, 1.807) is 21.7 Å². The largest absolute Gasteiger partial charge is 0.387 e. The molecule has 9 nitrogen and oxygen atoms in total. The van der Waals surface area contributed by atoms with E-state index in [0.29, 0.717) is 34.0 Å². The van der Waals surface area contributed by atoms with Crippen LogP contribution in [0.5, 0.6) is 0 Å². The minimum Gasteiger partial charge on any atom is -0.387 e. The lowest BCUT2D eigenvalue weighted by Gasteiger charge is -2.33. The zero-order valence-electron chi connectivity index (χ0n) is 19.9. The third kappa shape index (κ3) is 4.55. The van der Waals surface area contributed by atoms with Crippen LogP contribution in [-0.2, 0) is 4.79 Å². The van der Waals surface area contributed by atoms with Crippen LogP contribution in [-0.4, -0.2) is 55.0 Å². The number of fused-ring (bicyclic) bond motifs is 1. The third-order valence-electron chi connectivity index (χ3n) is 6.57. The van der Waals surface area contributed by atoms with Crippen molar-refractivity contribution in [2.24, 2.45) is 0 Å². The van der Waals surface area contributed by atoms with Crippen molar-refractivity contribution in [2.45, 2.75) is 35.6 Å². The number of carbonyl (C=O) groups is 1. The molecule has 3 aromatic heterocycles. The van der Waals surface area contributed by atoms with Crippen LogP contribution in [0.25, 0.3) is 16.6 Å². The number of pyridine rings is 1. The maximum Gasteiger partial charge on any atom is 0.248 e. The van der Waals surface area contributed by atoms with Crippen molar-refractivity contribution in [3.8, 4) is 23.3 Å². The predicted molar refractivity (Wildman–Crippen MR) is 133 cm³/mol. The molecule has 186 valence electrons. The lowest BCUT2D eigenvalue weighted by atomic mass is 10.0. The Kier molecular flexibility index (Phi) is 6.66. The number of piperidine rings is 1.